The summed E-state index contributed by atoms with van der Waals surface area (Å²) in [6.45, 7) is 4.86. The first kappa shape index (κ1) is 15.7. The highest BCUT2D eigenvalue weighted by Gasteiger charge is 2.04. The molecule has 0 spiro atoms. The van der Waals surface area contributed by atoms with Gasteiger partial charge in [0.2, 0.25) is 0 Å². The number of carbonyl (C=O) groups is 1. The normalized spacial score (nSPS) is 10.6. The number of benzene rings is 1. The predicted molar refractivity (Wildman–Crippen MR) is 78.4 cm³/mol. The zero-order chi connectivity index (χ0) is 13.9. The van der Waals surface area contributed by atoms with Crippen molar-refractivity contribution in [2.24, 2.45) is 0 Å². The lowest BCUT2D eigenvalue weighted by atomic mass is 10.1. The fourth-order valence-corrected chi connectivity index (χ4v) is 1.66. The largest absolute Gasteiger partial charge is 0.399 e. The molecule has 0 radical (unpaired) electrons. The van der Waals surface area contributed by atoms with Crippen LogP contribution in [0.25, 0.3) is 0 Å². The highest BCUT2D eigenvalue weighted by molar-refractivity contribution is 5.98. The summed E-state index contributed by atoms with van der Waals surface area (Å²) in [6, 6.07) is 7.06. The molecule has 0 bridgehead atoms. The Bertz CT molecular complexity index is 380. The Hall–Kier alpha value is -1.39. The van der Waals surface area contributed by atoms with Crippen LogP contribution < -0.4 is 11.1 Å². The number of nitrogen functional groups attached to an aromatic ring is 1. The van der Waals surface area contributed by atoms with E-state index in [1.807, 2.05) is 0 Å². The topological polar surface area (TPSA) is 64.3 Å². The molecule has 1 rings (SSSR count). The van der Waals surface area contributed by atoms with Gasteiger partial charge in [0.25, 0.3) is 0 Å². The van der Waals surface area contributed by atoms with Gasteiger partial charge in [-0.15, -0.1) is 0 Å². The van der Waals surface area contributed by atoms with Gasteiger partial charge in [-0.1, -0.05) is 25.5 Å². The standard InChI is InChI=1S/C15H24N2O2/c1-2-3-9-19-10-5-8-17-12-15(18)13-6-4-7-14(16)11-13/h4,6-7,11,17H,2-3,5,8-10,12,16H2,1H3. The predicted octanol–water partition coefficient (Wildman–Crippen LogP) is 2.25. The second-order valence-electron chi connectivity index (χ2n) is 4.54. The van der Waals surface area contributed by atoms with Crippen LogP contribution in [0, 0.1) is 0 Å². The Morgan fingerprint density at radius 3 is 2.84 bits per heavy atom. The van der Waals surface area contributed by atoms with Crippen molar-refractivity contribution in [3.63, 3.8) is 0 Å². The molecule has 0 saturated carbocycles. The average Bonchev–Trinajstić information content (AvgIpc) is 2.41. The molecule has 4 heteroatoms. The van der Waals surface area contributed by atoms with E-state index in [1.54, 1.807) is 24.3 Å². The van der Waals surface area contributed by atoms with Gasteiger partial charge in [0, 0.05) is 24.5 Å². The third-order valence-electron chi connectivity index (χ3n) is 2.78. The summed E-state index contributed by atoms with van der Waals surface area (Å²) in [5, 5.41) is 3.12. The molecule has 0 amide bonds. The first-order valence-electron chi connectivity index (χ1n) is 6.91. The molecule has 19 heavy (non-hydrogen) atoms. The molecule has 0 heterocycles. The average molecular weight is 264 g/mol. The summed E-state index contributed by atoms with van der Waals surface area (Å²) in [5.41, 5.74) is 6.92. The van der Waals surface area contributed by atoms with Crippen LogP contribution in [-0.4, -0.2) is 32.1 Å². The van der Waals surface area contributed by atoms with Crippen LogP contribution in [0.3, 0.4) is 0 Å². The molecule has 1 aromatic carbocycles. The Morgan fingerprint density at radius 2 is 2.11 bits per heavy atom. The van der Waals surface area contributed by atoms with Crippen molar-refractivity contribution in [2.45, 2.75) is 26.2 Å². The summed E-state index contributed by atoms with van der Waals surface area (Å²) in [4.78, 5) is 11.8. The van der Waals surface area contributed by atoms with Crippen molar-refractivity contribution in [3.05, 3.63) is 29.8 Å². The minimum Gasteiger partial charge on any atom is -0.399 e. The molecule has 0 aliphatic rings. The van der Waals surface area contributed by atoms with Crippen molar-refractivity contribution in [1.82, 2.24) is 5.32 Å². The van der Waals surface area contributed by atoms with Crippen molar-refractivity contribution < 1.29 is 9.53 Å². The summed E-state index contributed by atoms with van der Waals surface area (Å²) >= 11 is 0. The van der Waals surface area contributed by atoms with Gasteiger partial charge in [-0.3, -0.25) is 4.79 Å². The minimum absolute atomic E-state index is 0.0687. The molecule has 0 atom stereocenters. The second-order valence-corrected chi connectivity index (χ2v) is 4.54. The number of unbranched alkanes of at least 4 members (excludes halogenated alkanes) is 1. The summed E-state index contributed by atoms with van der Waals surface area (Å²) in [7, 11) is 0. The minimum atomic E-state index is 0.0687. The zero-order valence-corrected chi connectivity index (χ0v) is 11.7. The van der Waals surface area contributed by atoms with E-state index in [1.165, 1.54) is 0 Å². The van der Waals surface area contributed by atoms with Crippen LogP contribution in [0.2, 0.25) is 0 Å². The number of nitrogens with one attached hydrogen (secondary N) is 1. The van der Waals surface area contributed by atoms with E-state index in [0.29, 0.717) is 17.8 Å². The quantitative estimate of drug-likeness (QED) is 0.386. The number of rotatable bonds is 10. The summed E-state index contributed by atoms with van der Waals surface area (Å²) < 4.78 is 5.44. The van der Waals surface area contributed by atoms with Gasteiger partial charge < -0.3 is 15.8 Å². The van der Waals surface area contributed by atoms with E-state index >= 15 is 0 Å². The van der Waals surface area contributed by atoms with E-state index in [2.05, 4.69) is 12.2 Å². The van der Waals surface area contributed by atoms with E-state index in [4.69, 9.17) is 10.5 Å². The van der Waals surface area contributed by atoms with Crippen molar-refractivity contribution in [2.75, 3.05) is 32.0 Å². The SMILES string of the molecule is CCCCOCCCNCC(=O)c1cccc(N)c1. The van der Waals surface area contributed by atoms with Crippen LogP contribution >= 0.6 is 0 Å². The van der Waals surface area contributed by atoms with Crippen molar-refractivity contribution >= 4 is 11.5 Å². The maximum Gasteiger partial charge on any atom is 0.176 e. The van der Waals surface area contributed by atoms with E-state index < -0.39 is 0 Å². The number of carbonyl (C=O) groups excluding carboxylic acids is 1. The lowest BCUT2D eigenvalue weighted by Gasteiger charge is -2.06. The van der Waals surface area contributed by atoms with Crippen LogP contribution in [0.1, 0.15) is 36.5 Å². The van der Waals surface area contributed by atoms with E-state index in [-0.39, 0.29) is 5.78 Å². The third-order valence-corrected chi connectivity index (χ3v) is 2.78. The first-order valence-corrected chi connectivity index (χ1v) is 6.91. The number of anilines is 1. The molecule has 0 saturated heterocycles. The Labute approximate surface area is 115 Å². The second kappa shape index (κ2) is 9.53. The Morgan fingerprint density at radius 1 is 1.32 bits per heavy atom. The van der Waals surface area contributed by atoms with E-state index in [9.17, 15) is 4.79 Å². The smallest absolute Gasteiger partial charge is 0.176 e. The zero-order valence-electron chi connectivity index (χ0n) is 11.7. The van der Waals surface area contributed by atoms with Gasteiger partial charge in [0.1, 0.15) is 0 Å². The van der Waals surface area contributed by atoms with Gasteiger partial charge >= 0.3 is 0 Å². The molecule has 106 valence electrons. The molecule has 3 N–H and O–H groups in total. The first-order chi connectivity index (χ1) is 9.24. The Balaban J connectivity index is 2.08. The van der Waals surface area contributed by atoms with Gasteiger partial charge in [0.05, 0.1) is 6.54 Å². The third kappa shape index (κ3) is 6.94. The maximum atomic E-state index is 11.8. The highest BCUT2D eigenvalue weighted by atomic mass is 16.5. The summed E-state index contributed by atoms with van der Waals surface area (Å²) in [6.07, 6.45) is 3.20. The number of ether oxygens (including phenoxy) is 1. The molecular weight excluding hydrogens is 240 g/mol. The van der Waals surface area contributed by atoms with Crippen LogP contribution in [0.5, 0.6) is 0 Å². The van der Waals surface area contributed by atoms with Crippen molar-refractivity contribution in [3.8, 4) is 0 Å². The van der Waals surface area contributed by atoms with Crippen LogP contribution in [-0.2, 0) is 4.74 Å². The highest BCUT2D eigenvalue weighted by Crippen LogP contribution is 2.06. The number of hydrogen-bond donors (Lipinski definition) is 2. The lowest BCUT2D eigenvalue weighted by molar-refractivity contribution is 0.0987. The van der Waals surface area contributed by atoms with Crippen LogP contribution in [0.4, 0.5) is 5.69 Å². The number of nitrogens with two attached hydrogens (primary N) is 1. The molecule has 1 aromatic rings. The van der Waals surface area contributed by atoms with Gasteiger partial charge in [0.15, 0.2) is 5.78 Å². The molecular formula is C15H24N2O2. The molecule has 0 aliphatic heterocycles. The van der Waals surface area contributed by atoms with Crippen LogP contribution in [0.15, 0.2) is 24.3 Å². The van der Waals surface area contributed by atoms with Crippen molar-refractivity contribution in [1.29, 1.82) is 0 Å². The monoisotopic (exact) mass is 264 g/mol. The molecule has 0 aromatic heterocycles. The fraction of sp³-hybridized carbons (Fsp3) is 0.533. The molecule has 0 unspecified atom stereocenters. The molecule has 0 aliphatic carbocycles. The molecule has 4 nitrogen and oxygen atoms in total. The Kier molecular flexibility index (Phi) is 7.86. The molecule has 0 fully saturated rings. The number of hydrogen-bond acceptors (Lipinski definition) is 4. The van der Waals surface area contributed by atoms with Gasteiger partial charge in [-0.2, -0.15) is 0 Å². The van der Waals surface area contributed by atoms with E-state index in [0.717, 1.165) is 39.0 Å². The fourth-order valence-electron chi connectivity index (χ4n) is 1.66. The number of ketones is 1. The maximum absolute atomic E-state index is 11.8. The van der Waals surface area contributed by atoms with Gasteiger partial charge in [-0.05, 0) is 31.5 Å². The number of Topliss-reactive ketones (excluding diaryl/α,β-unsaturated/α-hetero) is 1. The van der Waals surface area contributed by atoms with Gasteiger partial charge in [-0.25, -0.2) is 0 Å². The lowest BCUT2D eigenvalue weighted by Crippen LogP contribution is -2.24. The summed E-state index contributed by atoms with van der Waals surface area (Å²) in [5.74, 6) is 0.0687.